The third-order valence-corrected chi connectivity index (χ3v) is 5.30. The average molecular weight is 473 g/mol. The minimum atomic E-state index is -1.63. The van der Waals surface area contributed by atoms with Crippen LogP contribution in [0.5, 0.6) is 0 Å². The minimum Gasteiger partial charge on any atom is -0.426 e. The zero-order chi connectivity index (χ0) is 24.4. The summed E-state index contributed by atoms with van der Waals surface area (Å²) in [7, 11) is -1.63. The molecule has 178 valence electrons. The summed E-state index contributed by atoms with van der Waals surface area (Å²) in [6.45, 7) is 6.50. The Bertz CT molecular complexity index is 934. The van der Waals surface area contributed by atoms with Crippen LogP contribution in [0.25, 0.3) is 0 Å². The van der Waals surface area contributed by atoms with E-state index in [1.807, 2.05) is 12.1 Å². The molecule has 0 heterocycles. The van der Waals surface area contributed by atoms with E-state index in [2.05, 4.69) is 37.5 Å². The zero-order valence-corrected chi connectivity index (χ0v) is 20.4. The fraction of sp³-hybridized carbons (Fsp3) is 0.440. The van der Waals surface area contributed by atoms with Crippen molar-refractivity contribution < 1.29 is 19.6 Å². The smallest absolute Gasteiger partial charge is 0.426 e. The van der Waals surface area contributed by atoms with Crippen LogP contribution in [0.15, 0.2) is 42.5 Å². The molecule has 3 rings (SSSR count). The maximum atomic E-state index is 13.1. The van der Waals surface area contributed by atoms with Gasteiger partial charge in [0.2, 0.25) is 5.91 Å². The molecule has 2 aromatic rings. The molecule has 0 spiro atoms. The quantitative estimate of drug-likeness (QED) is 0.460. The third kappa shape index (κ3) is 9.20. The summed E-state index contributed by atoms with van der Waals surface area (Å²) in [5.41, 5.74) is 3.63. The molecule has 0 aliphatic heterocycles. The van der Waals surface area contributed by atoms with Crippen LogP contribution in [-0.2, 0) is 17.6 Å². The van der Waals surface area contributed by atoms with Gasteiger partial charge in [-0.15, -0.1) is 0 Å². The molecule has 2 aromatic carbocycles. The van der Waals surface area contributed by atoms with Crippen molar-refractivity contribution in [3.05, 3.63) is 69.7 Å². The molecule has 4 N–H and O–H groups in total. The van der Waals surface area contributed by atoms with Crippen molar-refractivity contribution >= 4 is 30.5 Å². The van der Waals surface area contributed by atoms with E-state index in [0.717, 1.165) is 37.2 Å². The summed E-state index contributed by atoms with van der Waals surface area (Å²) >= 11 is 6.10. The first kappa shape index (κ1) is 26.9. The van der Waals surface area contributed by atoms with Gasteiger partial charge in [-0.25, -0.2) is 0 Å². The van der Waals surface area contributed by atoms with E-state index in [-0.39, 0.29) is 18.8 Å². The maximum absolute atomic E-state index is 13.1. The number of carbonyl (C=O) groups excluding carboxylic acids is 2. The summed E-state index contributed by atoms with van der Waals surface area (Å²) in [5.74, 6) is 0.196. The van der Waals surface area contributed by atoms with E-state index in [1.54, 1.807) is 24.3 Å². The van der Waals surface area contributed by atoms with Gasteiger partial charge in [0, 0.05) is 10.6 Å². The van der Waals surface area contributed by atoms with Gasteiger partial charge in [0.15, 0.2) is 0 Å². The van der Waals surface area contributed by atoms with E-state index >= 15 is 0 Å². The maximum Gasteiger partial charge on any atom is 0.472 e. The number of fused-ring (bicyclic) bond motifs is 1. The Labute approximate surface area is 201 Å². The van der Waals surface area contributed by atoms with E-state index in [4.69, 9.17) is 21.6 Å². The van der Waals surface area contributed by atoms with Crippen LogP contribution >= 0.6 is 11.6 Å². The van der Waals surface area contributed by atoms with Crippen molar-refractivity contribution in [2.75, 3.05) is 6.44 Å². The topological polar surface area (TPSA) is 98.7 Å². The average Bonchev–Trinajstić information content (AvgIpc) is 2.76. The van der Waals surface area contributed by atoms with Crippen molar-refractivity contribution in [1.29, 1.82) is 0 Å². The van der Waals surface area contributed by atoms with Gasteiger partial charge in [-0.2, -0.15) is 0 Å². The van der Waals surface area contributed by atoms with E-state index in [0.29, 0.717) is 16.1 Å². The number of rotatable bonds is 7. The van der Waals surface area contributed by atoms with E-state index < -0.39 is 19.1 Å². The highest BCUT2D eigenvalue weighted by molar-refractivity contribution is 6.41. The first-order valence-corrected chi connectivity index (χ1v) is 11.8. The first-order valence-electron chi connectivity index (χ1n) is 11.5. The summed E-state index contributed by atoms with van der Waals surface area (Å²) in [4.78, 5) is 25.3. The second-order valence-corrected chi connectivity index (χ2v) is 9.39. The second-order valence-electron chi connectivity index (χ2n) is 8.95. The predicted molar refractivity (Wildman–Crippen MR) is 133 cm³/mol. The molecular formula is C25H34BClN2O4. The highest BCUT2D eigenvalue weighted by Gasteiger charge is 2.23. The number of hydrogen-bond donors (Lipinski definition) is 4. The van der Waals surface area contributed by atoms with E-state index in [1.165, 1.54) is 5.56 Å². The highest BCUT2D eigenvalue weighted by Crippen LogP contribution is 2.26. The molecular weight excluding hydrogens is 439 g/mol. The van der Waals surface area contributed by atoms with Gasteiger partial charge in [0.05, 0.1) is 18.9 Å². The molecule has 2 amide bonds. The number of hydrogen-bond acceptors (Lipinski definition) is 4. The minimum absolute atomic E-state index is 0.0478. The molecule has 1 aliphatic rings. The lowest BCUT2D eigenvalue weighted by atomic mass is 9.88. The van der Waals surface area contributed by atoms with Gasteiger partial charge >= 0.3 is 7.12 Å². The first-order chi connectivity index (χ1) is 15.7. The van der Waals surface area contributed by atoms with Crippen LogP contribution in [0.3, 0.4) is 0 Å². The standard InChI is InChI=1S/C21H24BClN2O4.C4H10/c23-16-8-3-7-15(11-16)19(12-20(26)24-13-22(28)29)25-21(27)18-10-4-6-14-5-1-2-9-17(14)18;1-4(2)3/h3-4,6-8,10-11,19,28-29H,1-2,5,9,12-13H2,(H,24,26)(H,25,27);4H,1-3H3. The van der Waals surface area contributed by atoms with Crippen molar-refractivity contribution in [3.8, 4) is 0 Å². The van der Waals surface area contributed by atoms with Gasteiger partial charge < -0.3 is 20.7 Å². The van der Waals surface area contributed by atoms with Crippen molar-refractivity contribution in [1.82, 2.24) is 10.6 Å². The Hall–Kier alpha value is -2.35. The van der Waals surface area contributed by atoms with Crippen LogP contribution in [0.2, 0.25) is 5.02 Å². The summed E-state index contributed by atoms with van der Waals surface area (Å²) in [6.07, 6.45) is 3.70. The number of halogens is 1. The molecule has 0 saturated heterocycles. The molecule has 33 heavy (non-hydrogen) atoms. The SMILES string of the molecule is CC(C)C.O=C(CC(NC(=O)c1cccc2c1CCCC2)c1cccc(Cl)c1)NCB(O)O. The van der Waals surface area contributed by atoms with Crippen LogP contribution in [0, 0.1) is 5.92 Å². The lowest BCUT2D eigenvalue weighted by Crippen LogP contribution is -2.38. The molecule has 0 radical (unpaired) electrons. The number of aryl methyl sites for hydroxylation is 1. The summed E-state index contributed by atoms with van der Waals surface area (Å²) < 4.78 is 0. The molecule has 0 aromatic heterocycles. The highest BCUT2D eigenvalue weighted by atomic mass is 35.5. The van der Waals surface area contributed by atoms with Crippen LogP contribution in [-0.4, -0.2) is 35.4 Å². The van der Waals surface area contributed by atoms with Gasteiger partial charge in [-0.3, -0.25) is 9.59 Å². The molecule has 1 atom stereocenters. The largest absolute Gasteiger partial charge is 0.472 e. The predicted octanol–water partition coefficient (Wildman–Crippen LogP) is 3.87. The lowest BCUT2D eigenvalue weighted by molar-refractivity contribution is -0.121. The third-order valence-electron chi connectivity index (χ3n) is 5.07. The fourth-order valence-corrected chi connectivity index (χ4v) is 3.87. The molecule has 1 aliphatic carbocycles. The Balaban J connectivity index is 0.000000890. The van der Waals surface area contributed by atoms with Crippen molar-refractivity contribution in [2.24, 2.45) is 5.92 Å². The molecule has 6 nitrogen and oxygen atoms in total. The molecule has 0 fully saturated rings. The summed E-state index contributed by atoms with van der Waals surface area (Å²) in [5, 5.41) is 23.8. The molecule has 1 unspecified atom stereocenters. The monoisotopic (exact) mass is 472 g/mol. The number of amides is 2. The van der Waals surface area contributed by atoms with Crippen LogP contribution in [0.4, 0.5) is 0 Å². The van der Waals surface area contributed by atoms with Gasteiger partial charge in [-0.1, -0.05) is 56.6 Å². The van der Waals surface area contributed by atoms with Gasteiger partial charge in [0.1, 0.15) is 0 Å². The summed E-state index contributed by atoms with van der Waals surface area (Å²) in [6, 6.07) is 12.2. The van der Waals surface area contributed by atoms with Crippen molar-refractivity contribution in [2.45, 2.75) is 58.9 Å². The van der Waals surface area contributed by atoms with E-state index in [9.17, 15) is 9.59 Å². The zero-order valence-electron chi connectivity index (χ0n) is 19.6. The lowest BCUT2D eigenvalue weighted by Gasteiger charge is -2.22. The number of benzene rings is 2. The van der Waals surface area contributed by atoms with Crippen molar-refractivity contribution in [3.63, 3.8) is 0 Å². The molecule has 8 heteroatoms. The molecule has 0 bridgehead atoms. The van der Waals surface area contributed by atoms with Gasteiger partial charge in [-0.05, 0) is 66.5 Å². The number of carbonyl (C=O) groups is 2. The van der Waals surface area contributed by atoms with Crippen LogP contribution < -0.4 is 10.6 Å². The Morgan fingerprint density at radius 3 is 2.39 bits per heavy atom. The fourth-order valence-electron chi connectivity index (χ4n) is 3.67. The molecule has 0 saturated carbocycles. The van der Waals surface area contributed by atoms with Gasteiger partial charge in [0.25, 0.3) is 5.91 Å². The normalized spacial score (nSPS) is 13.3. The Morgan fingerprint density at radius 2 is 1.73 bits per heavy atom. The Morgan fingerprint density at radius 1 is 1.06 bits per heavy atom. The Kier molecular flexibility index (Phi) is 10.9. The number of nitrogens with one attached hydrogen (secondary N) is 2. The second kappa shape index (κ2) is 13.4. The van der Waals surface area contributed by atoms with Crippen LogP contribution in [0.1, 0.15) is 73.1 Å².